The second kappa shape index (κ2) is 6.40. The molecule has 0 aliphatic carbocycles. The maximum atomic E-state index is 11.8. The highest BCUT2D eigenvalue weighted by atomic mass is 16.2. The van der Waals surface area contributed by atoms with Crippen LogP contribution in [0, 0.1) is 0 Å². The second-order valence-electron chi connectivity index (χ2n) is 4.71. The number of hydrogen-bond acceptors (Lipinski definition) is 2. The third-order valence-corrected chi connectivity index (χ3v) is 3.22. The molecule has 4 heteroatoms. The van der Waals surface area contributed by atoms with Gasteiger partial charge in [0, 0.05) is 25.3 Å². The van der Waals surface area contributed by atoms with E-state index in [4.69, 9.17) is 0 Å². The van der Waals surface area contributed by atoms with Crippen molar-refractivity contribution in [1.29, 1.82) is 0 Å². The van der Waals surface area contributed by atoms with Crippen LogP contribution in [0.2, 0.25) is 0 Å². The van der Waals surface area contributed by atoms with Gasteiger partial charge in [0.25, 0.3) is 0 Å². The van der Waals surface area contributed by atoms with Crippen molar-refractivity contribution in [3.63, 3.8) is 0 Å². The van der Waals surface area contributed by atoms with Crippen LogP contribution in [0.1, 0.15) is 25.5 Å². The number of carbonyl (C=O) groups is 1. The molecule has 0 radical (unpaired) electrons. The summed E-state index contributed by atoms with van der Waals surface area (Å²) in [5.41, 5.74) is 2.03. The average molecular weight is 249 g/mol. The molecule has 2 amide bonds. The van der Waals surface area contributed by atoms with Crippen LogP contribution in [0.5, 0.6) is 0 Å². The third kappa shape index (κ3) is 3.74. The van der Waals surface area contributed by atoms with Crippen LogP contribution in [0.25, 0.3) is 0 Å². The monoisotopic (exact) mass is 249 g/mol. The molecule has 1 aromatic carbocycles. The summed E-state index contributed by atoms with van der Waals surface area (Å²) < 4.78 is 0. The lowest BCUT2D eigenvalue weighted by Crippen LogP contribution is -2.31. The molecule has 0 heterocycles. The minimum absolute atomic E-state index is 0.0767. The van der Waals surface area contributed by atoms with Gasteiger partial charge in [0.1, 0.15) is 0 Å². The molecule has 1 aromatic rings. The molecule has 0 fully saturated rings. The summed E-state index contributed by atoms with van der Waals surface area (Å²) in [6.07, 6.45) is 0. The van der Waals surface area contributed by atoms with E-state index in [1.165, 1.54) is 5.56 Å². The fraction of sp³-hybridized carbons (Fsp3) is 0.500. The Bertz CT molecular complexity index is 404. The van der Waals surface area contributed by atoms with Gasteiger partial charge in [0.05, 0.1) is 0 Å². The summed E-state index contributed by atoms with van der Waals surface area (Å²) in [6.45, 7) is 4.78. The van der Waals surface area contributed by atoms with Crippen LogP contribution in [0.3, 0.4) is 0 Å². The van der Waals surface area contributed by atoms with Gasteiger partial charge in [-0.1, -0.05) is 12.1 Å². The van der Waals surface area contributed by atoms with Crippen LogP contribution in [-0.4, -0.2) is 43.5 Å². The van der Waals surface area contributed by atoms with Crippen LogP contribution in [-0.2, 0) is 0 Å². The fourth-order valence-electron chi connectivity index (χ4n) is 1.54. The van der Waals surface area contributed by atoms with Crippen molar-refractivity contribution in [2.24, 2.45) is 0 Å². The standard InChI is InChI=1S/C14H23N3O/c1-6-17(5)14(18)15-13-9-7-8-12(10-13)11(2)16(3)4/h7-11H,6H2,1-5H3,(H,15,18). The number of rotatable bonds is 4. The minimum atomic E-state index is -0.0767. The number of nitrogens with one attached hydrogen (secondary N) is 1. The molecule has 4 nitrogen and oxygen atoms in total. The quantitative estimate of drug-likeness (QED) is 0.890. The van der Waals surface area contributed by atoms with Gasteiger partial charge < -0.3 is 15.1 Å². The molecule has 0 spiro atoms. The molecule has 0 aliphatic rings. The van der Waals surface area contributed by atoms with Gasteiger partial charge >= 0.3 is 6.03 Å². The van der Waals surface area contributed by atoms with Crippen LogP contribution in [0.15, 0.2) is 24.3 Å². The smallest absolute Gasteiger partial charge is 0.321 e. The zero-order chi connectivity index (χ0) is 13.7. The van der Waals surface area contributed by atoms with Gasteiger partial charge in [-0.15, -0.1) is 0 Å². The molecule has 1 N–H and O–H groups in total. The summed E-state index contributed by atoms with van der Waals surface area (Å²) in [5, 5.41) is 2.90. The number of carbonyl (C=O) groups excluding carboxylic acids is 1. The largest absolute Gasteiger partial charge is 0.328 e. The first-order valence-corrected chi connectivity index (χ1v) is 6.24. The van der Waals surface area contributed by atoms with Gasteiger partial charge in [-0.3, -0.25) is 0 Å². The molecule has 100 valence electrons. The van der Waals surface area contributed by atoms with Crippen molar-refractivity contribution in [2.75, 3.05) is 33.0 Å². The van der Waals surface area contributed by atoms with Crippen molar-refractivity contribution < 1.29 is 4.79 Å². The molecule has 0 aromatic heterocycles. The third-order valence-electron chi connectivity index (χ3n) is 3.22. The Balaban J connectivity index is 2.80. The SMILES string of the molecule is CCN(C)C(=O)Nc1cccc(C(C)N(C)C)c1. The lowest BCUT2D eigenvalue weighted by Gasteiger charge is -2.21. The van der Waals surface area contributed by atoms with Crippen LogP contribution < -0.4 is 5.32 Å². The van der Waals surface area contributed by atoms with Crippen molar-refractivity contribution in [1.82, 2.24) is 9.80 Å². The Morgan fingerprint density at radius 2 is 2.00 bits per heavy atom. The predicted molar refractivity (Wildman–Crippen MR) is 75.9 cm³/mol. The predicted octanol–water partition coefficient (Wildman–Crippen LogP) is 2.79. The minimum Gasteiger partial charge on any atom is -0.328 e. The maximum Gasteiger partial charge on any atom is 0.321 e. The second-order valence-corrected chi connectivity index (χ2v) is 4.71. The summed E-state index contributed by atoms with van der Waals surface area (Å²) in [6, 6.07) is 8.22. The summed E-state index contributed by atoms with van der Waals surface area (Å²) in [7, 11) is 5.86. The first-order chi connectivity index (χ1) is 8.45. The van der Waals surface area contributed by atoms with E-state index in [2.05, 4.69) is 23.2 Å². The zero-order valence-electron chi connectivity index (χ0n) is 11.9. The molecular weight excluding hydrogens is 226 g/mol. The highest BCUT2D eigenvalue weighted by molar-refractivity contribution is 5.89. The molecule has 0 aliphatic heterocycles. The molecule has 0 bridgehead atoms. The Morgan fingerprint density at radius 3 is 2.56 bits per heavy atom. The van der Waals surface area contributed by atoms with E-state index in [0.29, 0.717) is 12.6 Å². The van der Waals surface area contributed by atoms with Crippen molar-refractivity contribution >= 4 is 11.7 Å². The lowest BCUT2D eigenvalue weighted by atomic mass is 10.1. The van der Waals surface area contributed by atoms with Gasteiger partial charge in [0.15, 0.2) is 0 Å². The van der Waals surface area contributed by atoms with E-state index in [1.54, 1.807) is 11.9 Å². The highest BCUT2D eigenvalue weighted by Gasteiger charge is 2.10. The molecule has 0 saturated carbocycles. The summed E-state index contributed by atoms with van der Waals surface area (Å²) in [5.74, 6) is 0. The van der Waals surface area contributed by atoms with Crippen LogP contribution in [0.4, 0.5) is 10.5 Å². The van der Waals surface area contributed by atoms with E-state index < -0.39 is 0 Å². The lowest BCUT2D eigenvalue weighted by molar-refractivity contribution is 0.224. The van der Waals surface area contributed by atoms with Crippen molar-refractivity contribution in [2.45, 2.75) is 19.9 Å². The van der Waals surface area contributed by atoms with Gasteiger partial charge in [0.2, 0.25) is 0 Å². The Kier molecular flexibility index (Phi) is 5.16. The number of urea groups is 1. The zero-order valence-corrected chi connectivity index (χ0v) is 11.9. The number of amides is 2. The highest BCUT2D eigenvalue weighted by Crippen LogP contribution is 2.20. The molecule has 18 heavy (non-hydrogen) atoms. The van der Waals surface area contributed by atoms with Crippen LogP contribution >= 0.6 is 0 Å². The molecule has 1 atom stereocenters. The Morgan fingerprint density at radius 1 is 1.33 bits per heavy atom. The Hall–Kier alpha value is -1.55. The average Bonchev–Trinajstić information content (AvgIpc) is 2.36. The summed E-state index contributed by atoms with van der Waals surface area (Å²) in [4.78, 5) is 15.5. The van der Waals surface area contributed by atoms with Crippen molar-refractivity contribution in [3.05, 3.63) is 29.8 Å². The van der Waals surface area contributed by atoms with Gasteiger partial charge in [-0.25, -0.2) is 4.79 Å². The Labute approximate surface area is 110 Å². The molecule has 1 unspecified atom stereocenters. The maximum absolute atomic E-state index is 11.8. The first kappa shape index (κ1) is 14.5. The van der Waals surface area contributed by atoms with E-state index in [1.807, 2.05) is 39.2 Å². The van der Waals surface area contributed by atoms with Gasteiger partial charge in [-0.2, -0.15) is 0 Å². The molecular formula is C14H23N3O. The van der Waals surface area contributed by atoms with E-state index in [9.17, 15) is 4.79 Å². The van der Waals surface area contributed by atoms with E-state index in [-0.39, 0.29) is 6.03 Å². The number of hydrogen-bond donors (Lipinski definition) is 1. The topological polar surface area (TPSA) is 35.6 Å². The number of benzene rings is 1. The van der Waals surface area contributed by atoms with Gasteiger partial charge in [-0.05, 0) is 45.6 Å². The number of anilines is 1. The fourth-order valence-corrected chi connectivity index (χ4v) is 1.54. The molecule has 0 saturated heterocycles. The van der Waals surface area contributed by atoms with E-state index in [0.717, 1.165) is 5.69 Å². The summed E-state index contributed by atoms with van der Waals surface area (Å²) >= 11 is 0. The number of nitrogens with zero attached hydrogens (tertiary/aromatic N) is 2. The van der Waals surface area contributed by atoms with Crippen molar-refractivity contribution in [3.8, 4) is 0 Å². The van der Waals surface area contributed by atoms with E-state index >= 15 is 0 Å². The molecule has 1 rings (SSSR count). The normalized spacial score (nSPS) is 12.3. The first-order valence-electron chi connectivity index (χ1n) is 6.24.